The minimum absolute atomic E-state index is 0.0511. The quantitative estimate of drug-likeness (QED) is 0.671. The van der Waals surface area contributed by atoms with Crippen molar-refractivity contribution in [3.63, 3.8) is 0 Å². The largest absolute Gasteiger partial charge is 0.393 e. The summed E-state index contributed by atoms with van der Waals surface area (Å²) < 4.78 is 0. The second-order valence-electron chi connectivity index (χ2n) is 5.39. The number of hydrogen-bond acceptors (Lipinski definition) is 4. The van der Waals surface area contributed by atoms with Crippen LogP contribution >= 0.6 is 0 Å². The standard InChI is InChI=1S/C15H18N2O3/c1-10(2)8-12(18)9-11-5-6-14(17(19)20)13-4-3-7-16-15(11)13/h3-7,10,12,18H,8-9H2,1-2H3. The van der Waals surface area contributed by atoms with Crippen molar-refractivity contribution in [3.8, 4) is 0 Å². The van der Waals surface area contributed by atoms with Crippen molar-refractivity contribution in [1.82, 2.24) is 4.98 Å². The summed E-state index contributed by atoms with van der Waals surface area (Å²) in [6, 6.07) is 6.56. The second-order valence-corrected chi connectivity index (χ2v) is 5.39. The Morgan fingerprint density at radius 2 is 2.10 bits per heavy atom. The summed E-state index contributed by atoms with van der Waals surface area (Å²) in [4.78, 5) is 14.9. The van der Waals surface area contributed by atoms with Gasteiger partial charge in [-0.3, -0.25) is 15.1 Å². The maximum atomic E-state index is 11.0. The number of hydrogen-bond donors (Lipinski definition) is 1. The highest BCUT2D eigenvalue weighted by molar-refractivity contribution is 5.90. The monoisotopic (exact) mass is 274 g/mol. The minimum Gasteiger partial charge on any atom is -0.393 e. The highest BCUT2D eigenvalue weighted by Gasteiger charge is 2.17. The van der Waals surface area contributed by atoms with E-state index in [1.807, 2.05) is 0 Å². The molecule has 1 aromatic heterocycles. The van der Waals surface area contributed by atoms with Gasteiger partial charge in [0, 0.05) is 18.7 Å². The molecular weight excluding hydrogens is 256 g/mol. The predicted molar refractivity (Wildman–Crippen MR) is 77.6 cm³/mol. The van der Waals surface area contributed by atoms with Gasteiger partial charge in [-0.25, -0.2) is 0 Å². The van der Waals surface area contributed by atoms with Crippen LogP contribution in [0.15, 0.2) is 30.5 Å². The normalized spacial score (nSPS) is 12.8. The molecule has 0 aliphatic rings. The summed E-state index contributed by atoms with van der Waals surface area (Å²) in [5, 5.41) is 21.6. The molecule has 0 aliphatic carbocycles. The number of aromatic nitrogens is 1. The number of nitro benzene ring substituents is 1. The zero-order chi connectivity index (χ0) is 14.7. The van der Waals surface area contributed by atoms with E-state index < -0.39 is 11.0 Å². The molecule has 0 fully saturated rings. The molecule has 0 spiro atoms. The Morgan fingerprint density at radius 3 is 2.75 bits per heavy atom. The van der Waals surface area contributed by atoms with Crippen LogP contribution in [0.5, 0.6) is 0 Å². The topological polar surface area (TPSA) is 76.3 Å². The number of pyridine rings is 1. The molecule has 0 aliphatic heterocycles. The van der Waals surface area contributed by atoms with E-state index >= 15 is 0 Å². The van der Waals surface area contributed by atoms with E-state index in [0.29, 0.717) is 29.7 Å². The third-order valence-electron chi connectivity index (χ3n) is 3.23. The number of benzene rings is 1. The molecule has 0 saturated carbocycles. The highest BCUT2D eigenvalue weighted by Crippen LogP contribution is 2.27. The lowest BCUT2D eigenvalue weighted by atomic mass is 9.97. The molecule has 1 aromatic carbocycles. The van der Waals surface area contributed by atoms with Crippen LogP contribution in [0.4, 0.5) is 5.69 Å². The maximum absolute atomic E-state index is 11.0. The fourth-order valence-corrected chi connectivity index (χ4v) is 2.42. The number of fused-ring (bicyclic) bond motifs is 1. The Labute approximate surface area is 117 Å². The first-order chi connectivity index (χ1) is 9.49. The number of non-ortho nitro benzene ring substituents is 1. The summed E-state index contributed by atoms with van der Waals surface area (Å²) in [7, 11) is 0. The molecule has 1 unspecified atom stereocenters. The van der Waals surface area contributed by atoms with Gasteiger partial charge in [-0.1, -0.05) is 13.8 Å². The van der Waals surface area contributed by atoms with E-state index in [1.165, 1.54) is 6.07 Å². The van der Waals surface area contributed by atoms with E-state index in [1.54, 1.807) is 24.4 Å². The number of rotatable bonds is 5. The van der Waals surface area contributed by atoms with Gasteiger partial charge in [-0.05, 0) is 36.1 Å². The van der Waals surface area contributed by atoms with Gasteiger partial charge >= 0.3 is 0 Å². The van der Waals surface area contributed by atoms with Crippen LogP contribution < -0.4 is 0 Å². The summed E-state index contributed by atoms with van der Waals surface area (Å²) >= 11 is 0. The Bertz CT molecular complexity index is 626. The summed E-state index contributed by atoms with van der Waals surface area (Å²) in [6.45, 7) is 4.10. The molecular formula is C15H18N2O3. The molecule has 1 N–H and O–H groups in total. The van der Waals surface area contributed by atoms with Crippen molar-refractivity contribution >= 4 is 16.6 Å². The van der Waals surface area contributed by atoms with Crippen molar-refractivity contribution < 1.29 is 10.0 Å². The Morgan fingerprint density at radius 1 is 1.35 bits per heavy atom. The molecule has 106 valence electrons. The van der Waals surface area contributed by atoms with Crippen molar-refractivity contribution in [2.75, 3.05) is 0 Å². The molecule has 2 rings (SSSR count). The van der Waals surface area contributed by atoms with E-state index in [9.17, 15) is 15.2 Å². The van der Waals surface area contributed by atoms with Crippen molar-refractivity contribution in [1.29, 1.82) is 0 Å². The van der Waals surface area contributed by atoms with Crippen LogP contribution in [-0.4, -0.2) is 21.1 Å². The predicted octanol–water partition coefficient (Wildman–Crippen LogP) is 3.09. The summed E-state index contributed by atoms with van der Waals surface area (Å²) in [5.74, 6) is 0.405. The van der Waals surface area contributed by atoms with Crippen LogP contribution in [0.25, 0.3) is 10.9 Å². The van der Waals surface area contributed by atoms with Crippen molar-refractivity contribution in [2.24, 2.45) is 5.92 Å². The average Bonchev–Trinajstić information content (AvgIpc) is 2.37. The molecule has 0 bridgehead atoms. The van der Waals surface area contributed by atoms with E-state index in [-0.39, 0.29) is 5.69 Å². The highest BCUT2D eigenvalue weighted by atomic mass is 16.6. The van der Waals surface area contributed by atoms with Gasteiger partial charge in [0.05, 0.1) is 21.9 Å². The molecule has 2 aromatic rings. The van der Waals surface area contributed by atoms with Crippen LogP contribution in [0.1, 0.15) is 25.8 Å². The van der Waals surface area contributed by atoms with Crippen molar-refractivity contribution in [2.45, 2.75) is 32.8 Å². The second kappa shape index (κ2) is 5.96. The molecule has 5 nitrogen and oxygen atoms in total. The molecule has 20 heavy (non-hydrogen) atoms. The lowest BCUT2D eigenvalue weighted by Crippen LogP contribution is -2.13. The molecule has 1 atom stereocenters. The zero-order valence-electron chi connectivity index (χ0n) is 11.6. The number of nitrogens with zero attached hydrogens (tertiary/aromatic N) is 2. The van der Waals surface area contributed by atoms with Gasteiger partial charge < -0.3 is 5.11 Å². The Kier molecular flexibility index (Phi) is 4.29. The molecule has 1 heterocycles. The third-order valence-corrected chi connectivity index (χ3v) is 3.23. The Balaban J connectivity index is 2.40. The van der Waals surface area contributed by atoms with E-state index in [4.69, 9.17) is 0 Å². The van der Waals surface area contributed by atoms with Crippen LogP contribution in [0, 0.1) is 16.0 Å². The summed E-state index contributed by atoms with van der Waals surface area (Å²) in [5.41, 5.74) is 1.50. The van der Waals surface area contributed by atoms with Crippen LogP contribution in [0.3, 0.4) is 0 Å². The third kappa shape index (κ3) is 3.11. The maximum Gasteiger partial charge on any atom is 0.278 e. The minimum atomic E-state index is -0.457. The Hall–Kier alpha value is -2.01. The van der Waals surface area contributed by atoms with Gasteiger partial charge in [-0.15, -0.1) is 0 Å². The lowest BCUT2D eigenvalue weighted by Gasteiger charge is -2.14. The smallest absolute Gasteiger partial charge is 0.278 e. The molecule has 0 radical (unpaired) electrons. The SMILES string of the molecule is CC(C)CC(O)Cc1ccc([N+](=O)[O-])c2cccnc12. The fourth-order valence-electron chi connectivity index (χ4n) is 2.42. The van der Waals surface area contributed by atoms with Gasteiger partial charge in [-0.2, -0.15) is 0 Å². The molecule has 0 amide bonds. The van der Waals surface area contributed by atoms with E-state index in [0.717, 1.165) is 5.56 Å². The van der Waals surface area contributed by atoms with Gasteiger partial charge in [0.1, 0.15) is 0 Å². The van der Waals surface area contributed by atoms with Crippen molar-refractivity contribution in [3.05, 3.63) is 46.1 Å². The van der Waals surface area contributed by atoms with Gasteiger partial charge in [0.2, 0.25) is 0 Å². The molecule has 0 saturated heterocycles. The van der Waals surface area contributed by atoms with Gasteiger partial charge in [0.15, 0.2) is 0 Å². The number of aliphatic hydroxyl groups excluding tert-OH is 1. The first-order valence-corrected chi connectivity index (χ1v) is 6.68. The van der Waals surface area contributed by atoms with Crippen LogP contribution in [0.2, 0.25) is 0 Å². The molecule has 5 heteroatoms. The first-order valence-electron chi connectivity index (χ1n) is 6.68. The van der Waals surface area contributed by atoms with Crippen LogP contribution in [-0.2, 0) is 6.42 Å². The number of aliphatic hydroxyl groups is 1. The number of nitro groups is 1. The van der Waals surface area contributed by atoms with E-state index in [2.05, 4.69) is 18.8 Å². The lowest BCUT2D eigenvalue weighted by molar-refractivity contribution is -0.383. The summed E-state index contributed by atoms with van der Waals surface area (Å²) in [6.07, 6.45) is 2.32. The van der Waals surface area contributed by atoms with Gasteiger partial charge in [0.25, 0.3) is 5.69 Å². The first kappa shape index (κ1) is 14.4. The fraction of sp³-hybridized carbons (Fsp3) is 0.400. The zero-order valence-corrected chi connectivity index (χ0v) is 11.6. The average molecular weight is 274 g/mol.